The van der Waals surface area contributed by atoms with Crippen LogP contribution in [0.2, 0.25) is 0 Å². The van der Waals surface area contributed by atoms with E-state index in [0.717, 1.165) is 22.5 Å². The minimum Gasteiger partial charge on any atom is -0.369 e. The van der Waals surface area contributed by atoms with Crippen LogP contribution in [0.5, 0.6) is 0 Å². The topological polar surface area (TPSA) is 32.3 Å². The van der Waals surface area contributed by atoms with Crippen LogP contribution < -0.4 is 10.2 Å². The third kappa shape index (κ3) is 5.13. The van der Waals surface area contributed by atoms with Gasteiger partial charge in [0.1, 0.15) is 0 Å². The number of hydrogen-bond donors (Lipinski definition) is 1. The van der Waals surface area contributed by atoms with Crippen molar-refractivity contribution < 1.29 is 4.79 Å². The SMILES string of the molecule is Cc1ccc(NC(=O)c2ccc(C)c(N(CCCl)CCCl)c2)c(C)c1. The normalized spacial score (nSPS) is 10.6. The monoisotopic (exact) mass is 378 g/mol. The van der Waals surface area contributed by atoms with Crippen LogP contribution in [0, 0.1) is 20.8 Å². The molecule has 0 bridgehead atoms. The summed E-state index contributed by atoms with van der Waals surface area (Å²) in [5, 5.41) is 2.99. The number of hydrogen-bond acceptors (Lipinski definition) is 2. The number of carbonyl (C=O) groups excluding carboxylic acids is 1. The van der Waals surface area contributed by atoms with E-state index in [4.69, 9.17) is 23.2 Å². The Kier molecular flexibility index (Phi) is 7.15. The minimum absolute atomic E-state index is 0.120. The fourth-order valence-electron chi connectivity index (χ4n) is 2.80. The lowest BCUT2D eigenvalue weighted by Crippen LogP contribution is -2.28. The molecule has 25 heavy (non-hydrogen) atoms. The molecule has 0 aromatic heterocycles. The van der Waals surface area contributed by atoms with E-state index < -0.39 is 0 Å². The van der Waals surface area contributed by atoms with Gasteiger partial charge in [-0.05, 0) is 50.1 Å². The maximum Gasteiger partial charge on any atom is 0.255 e. The zero-order chi connectivity index (χ0) is 18.4. The smallest absolute Gasteiger partial charge is 0.255 e. The molecule has 3 nitrogen and oxygen atoms in total. The van der Waals surface area contributed by atoms with E-state index in [-0.39, 0.29) is 5.91 Å². The molecular weight excluding hydrogens is 355 g/mol. The molecule has 0 saturated carbocycles. The van der Waals surface area contributed by atoms with Gasteiger partial charge in [-0.2, -0.15) is 0 Å². The first-order valence-corrected chi connectivity index (χ1v) is 9.39. The Balaban J connectivity index is 2.26. The third-order valence-electron chi connectivity index (χ3n) is 4.15. The van der Waals surface area contributed by atoms with Gasteiger partial charge in [-0.25, -0.2) is 0 Å². The third-order valence-corrected chi connectivity index (χ3v) is 4.49. The molecule has 0 saturated heterocycles. The Bertz CT molecular complexity index is 740. The summed E-state index contributed by atoms with van der Waals surface area (Å²) in [6, 6.07) is 11.7. The summed E-state index contributed by atoms with van der Waals surface area (Å²) in [5.74, 6) is 0.898. The summed E-state index contributed by atoms with van der Waals surface area (Å²) >= 11 is 11.8. The first-order chi connectivity index (χ1) is 12.0. The number of alkyl halides is 2. The lowest BCUT2D eigenvalue weighted by atomic mass is 10.1. The van der Waals surface area contributed by atoms with Gasteiger partial charge in [0.2, 0.25) is 0 Å². The van der Waals surface area contributed by atoms with Crippen molar-refractivity contribution in [1.82, 2.24) is 0 Å². The molecule has 0 heterocycles. The zero-order valence-corrected chi connectivity index (χ0v) is 16.4. The minimum atomic E-state index is -0.120. The van der Waals surface area contributed by atoms with E-state index in [1.54, 1.807) is 0 Å². The highest BCUT2D eigenvalue weighted by atomic mass is 35.5. The largest absolute Gasteiger partial charge is 0.369 e. The first kappa shape index (κ1) is 19.6. The van der Waals surface area contributed by atoms with E-state index in [0.29, 0.717) is 30.4 Å². The number of amides is 1. The van der Waals surface area contributed by atoms with Crippen molar-refractivity contribution in [3.8, 4) is 0 Å². The molecule has 0 aliphatic heterocycles. The number of rotatable bonds is 7. The Hall–Kier alpha value is -1.71. The molecule has 0 aliphatic carbocycles. The van der Waals surface area contributed by atoms with Gasteiger partial charge in [0, 0.05) is 41.8 Å². The van der Waals surface area contributed by atoms with Crippen molar-refractivity contribution in [3.05, 3.63) is 58.7 Å². The number of nitrogens with one attached hydrogen (secondary N) is 1. The van der Waals surface area contributed by atoms with E-state index in [9.17, 15) is 4.79 Å². The Morgan fingerprint density at radius 2 is 1.64 bits per heavy atom. The summed E-state index contributed by atoms with van der Waals surface area (Å²) in [6.45, 7) is 7.43. The number of carbonyl (C=O) groups is 1. The maximum atomic E-state index is 12.7. The van der Waals surface area contributed by atoms with Crippen LogP contribution in [-0.4, -0.2) is 30.8 Å². The van der Waals surface area contributed by atoms with E-state index in [1.165, 1.54) is 5.56 Å². The average molecular weight is 379 g/mol. The first-order valence-electron chi connectivity index (χ1n) is 8.32. The highest BCUT2D eigenvalue weighted by Crippen LogP contribution is 2.23. The summed E-state index contributed by atoms with van der Waals surface area (Å²) in [4.78, 5) is 14.8. The number of halogens is 2. The van der Waals surface area contributed by atoms with Crippen LogP contribution in [0.4, 0.5) is 11.4 Å². The lowest BCUT2D eigenvalue weighted by Gasteiger charge is -2.25. The number of nitrogens with zero attached hydrogens (tertiary/aromatic N) is 1. The Morgan fingerprint density at radius 1 is 0.960 bits per heavy atom. The van der Waals surface area contributed by atoms with Crippen molar-refractivity contribution in [2.75, 3.05) is 35.1 Å². The van der Waals surface area contributed by atoms with Crippen LogP contribution in [0.25, 0.3) is 0 Å². The van der Waals surface area contributed by atoms with Crippen LogP contribution >= 0.6 is 23.2 Å². The molecule has 0 radical (unpaired) electrons. The molecule has 1 N–H and O–H groups in total. The molecule has 134 valence electrons. The number of benzene rings is 2. The standard InChI is InChI=1S/C20H24Cl2N2O/c1-14-4-7-18(16(3)12-14)23-20(25)17-6-5-15(2)19(13-17)24(10-8-21)11-9-22/h4-7,12-13H,8-11H2,1-3H3,(H,23,25). The van der Waals surface area contributed by atoms with Crippen molar-refractivity contribution in [2.24, 2.45) is 0 Å². The van der Waals surface area contributed by atoms with Gasteiger partial charge in [-0.15, -0.1) is 23.2 Å². The molecule has 0 spiro atoms. The second-order valence-electron chi connectivity index (χ2n) is 6.14. The van der Waals surface area contributed by atoms with E-state index >= 15 is 0 Å². The molecule has 0 fully saturated rings. The predicted molar refractivity (Wildman–Crippen MR) is 109 cm³/mol. The second kappa shape index (κ2) is 9.12. The summed E-state index contributed by atoms with van der Waals surface area (Å²) in [5.41, 5.74) is 5.76. The molecule has 0 aliphatic rings. The predicted octanol–water partition coefficient (Wildman–Crippen LogP) is 5.15. The molecule has 0 unspecified atom stereocenters. The van der Waals surface area contributed by atoms with Crippen molar-refractivity contribution in [2.45, 2.75) is 20.8 Å². The number of anilines is 2. The Labute approximate surface area is 159 Å². The quantitative estimate of drug-likeness (QED) is 0.675. The fraction of sp³-hybridized carbons (Fsp3) is 0.350. The van der Waals surface area contributed by atoms with Gasteiger partial charge >= 0.3 is 0 Å². The maximum absolute atomic E-state index is 12.7. The highest BCUT2D eigenvalue weighted by molar-refractivity contribution is 6.18. The molecule has 0 atom stereocenters. The highest BCUT2D eigenvalue weighted by Gasteiger charge is 2.13. The lowest BCUT2D eigenvalue weighted by molar-refractivity contribution is 0.102. The molecule has 2 rings (SSSR count). The second-order valence-corrected chi connectivity index (χ2v) is 6.89. The summed E-state index contributed by atoms with van der Waals surface area (Å²) in [6.07, 6.45) is 0. The molecule has 2 aromatic carbocycles. The van der Waals surface area contributed by atoms with Crippen LogP contribution in [0.1, 0.15) is 27.0 Å². The molecular formula is C20H24Cl2N2O. The van der Waals surface area contributed by atoms with E-state index in [1.807, 2.05) is 51.1 Å². The zero-order valence-electron chi connectivity index (χ0n) is 14.9. The average Bonchev–Trinajstić information content (AvgIpc) is 2.57. The van der Waals surface area contributed by atoms with Gasteiger partial charge in [-0.3, -0.25) is 4.79 Å². The molecule has 5 heteroatoms. The van der Waals surface area contributed by atoms with Gasteiger partial charge in [0.25, 0.3) is 5.91 Å². The molecule has 1 amide bonds. The van der Waals surface area contributed by atoms with Crippen LogP contribution in [0.3, 0.4) is 0 Å². The van der Waals surface area contributed by atoms with Gasteiger partial charge in [0.15, 0.2) is 0 Å². The van der Waals surface area contributed by atoms with Gasteiger partial charge in [-0.1, -0.05) is 23.8 Å². The van der Waals surface area contributed by atoms with Crippen molar-refractivity contribution in [3.63, 3.8) is 0 Å². The van der Waals surface area contributed by atoms with Crippen molar-refractivity contribution in [1.29, 1.82) is 0 Å². The van der Waals surface area contributed by atoms with E-state index in [2.05, 4.69) is 16.3 Å². The van der Waals surface area contributed by atoms with Crippen molar-refractivity contribution >= 4 is 40.5 Å². The van der Waals surface area contributed by atoms with Crippen LogP contribution in [-0.2, 0) is 0 Å². The summed E-state index contributed by atoms with van der Waals surface area (Å²) in [7, 11) is 0. The fourth-order valence-corrected chi connectivity index (χ4v) is 3.20. The molecule has 2 aromatic rings. The summed E-state index contributed by atoms with van der Waals surface area (Å²) < 4.78 is 0. The Morgan fingerprint density at radius 3 is 2.24 bits per heavy atom. The number of aryl methyl sites for hydroxylation is 3. The van der Waals surface area contributed by atoms with Crippen LogP contribution in [0.15, 0.2) is 36.4 Å². The van der Waals surface area contributed by atoms with Gasteiger partial charge in [0.05, 0.1) is 0 Å². The van der Waals surface area contributed by atoms with Gasteiger partial charge < -0.3 is 10.2 Å².